The van der Waals surface area contributed by atoms with Gasteiger partial charge in [-0.2, -0.15) is 0 Å². The van der Waals surface area contributed by atoms with Gasteiger partial charge in [-0.05, 0) is 32.6 Å². The normalized spacial score (nSPS) is 11.1. The topological polar surface area (TPSA) is 27.7 Å². The Balaban J connectivity index is 3.61. The largest absolute Gasteiger partial charge is 0.493 e. The molecule has 3 nitrogen and oxygen atoms in total. The van der Waals surface area contributed by atoms with Gasteiger partial charge in [-0.3, -0.25) is 0 Å². The zero-order chi connectivity index (χ0) is 16.0. The van der Waals surface area contributed by atoms with E-state index in [1.165, 1.54) is 0 Å². The molecule has 0 amide bonds. The fourth-order valence-corrected chi connectivity index (χ4v) is 2.59. The molecule has 0 spiro atoms. The lowest BCUT2D eigenvalue weighted by Gasteiger charge is -2.25. The van der Waals surface area contributed by atoms with Gasteiger partial charge < -0.3 is 14.2 Å². The molecule has 0 radical (unpaired) electrons. The Morgan fingerprint density at radius 1 is 0.714 bits per heavy atom. The molecule has 0 saturated carbocycles. The van der Waals surface area contributed by atoms with Crippen molar-refractivity contribution in [3.8, 4) is 17.2 Å². The molecule has 0 aliphatic carbocycles. The van der Waals surface area contributed by atoms with Crippen LogP contribution in [-0.2, 0) is 0 Å². The van der Waals surface area contributed by atoms with Crippen LogP contribution in [0.25, 0.3) is 0 Å². The molecule has 1 rings (SSSR count). The Bertz CT molecular complexity index is 414. The molecule has 0 unspecified atom stereocenters. The van der Waals surface area contributed by atoms with E-state index in [9.17, 15) is 0 Å². The maximum absolute atomic E-state index is 6.00. The molecule has 0 bridgehead atoms. The molecule has 120 valence electrons. The summed E-state index contributed by atoms with van der Waals surface area (Å²) in [7, 11) is 0. The molecule has 0 atom stereocenters. The summed E-state index contributed by atoms with van der Waals surface area (Å²) in [6, 6.07) is 2.03. The van der Waals surface area contributed by atoms with Crippen LogP contribution in [0.3, 0.4) is 0 Å². The zero-order valence-corrected chi connectivity index (χ0v) is 14.6. The predicted octanol–water partition coefficient (Wildman–Crippen LogP) is 5.13. The highest BCUT2D eigenvalue weighted by atomic mass is 16.5. The van der Waals surface area contributed by atoms with Crippen molar-refractivity contribution in [3.63, 3.8) is 0 Å². The highest BCUT2D eigenvalue weighted by Crippen LogP contribution is 2.46. The molecule has 0 heterocycles. The Kier molecular flexibility index (Phi) is 6.86. The lowest BCUT2D eigenvalue weighted by Crippen LogP contribution is -2.09. The average molecular weight is 294 g/mol. The maximum atomic E-state index is 6.00. The van der Waals surface area contributed by atoms with Crippen LogP contribution in [0.4, 0.5) is 0 Å². The Hall–Kier alpha value is -1.38. The highest BCUT2D eigenvalue weighted by Gasteiger charge is 2.24. The van der Waals surface area contributed by atoms with E-state index in [4.69, 9.17) is 14.2 Å². The minimum absolute atomic E-state index is 0.335. The summed E-state index contributed by atoms with van der Waals surface area (Å²) in [5.41, 5.74) is 2.29. The number of hydrogen-bond acceptors (Lipinski definition) is 3. The average Bonchev–Trinajstić information content (AvgIpc) is 2.38. The smallest absolute Gasteiger partial charge is 0.133 e. The summed E-state index contributed by atoms with van der Waals surface area (Å²) in [6.45, 7) is 16.6. The first-order valence-corrected chi connectivity index (χ1v) is 8.06. The number of ether oxygens (including phenoxy) is 3. The second-order valence-corrected chi connectivity index (χ2v) is 5.64. The summed E-state index contributed by atoms with van der Waals surface area (Å²) < 4.78 is 17.7. The molecular formula is C18H30O3. The van der Waals surface area contributed by atoms with E-state index in [1.807, 2.05) is 26.8 Å². The summed E-state index contributed by atoms with van der Waals surface area (Å²) in [4.78, 5) is 0. The lowest BCUT2D eigenvalue weighted by molar-refractivity contribution is 0.294. The Morgan fingerprint density at radius 3 is 1.38 bits per heavy atom. The van der Waals surface area contributed by atoms with Crippen LogP contribution in [-0.4, -0.2) is 19.8 Å². The summed E-state index contributed by atoms with van der Waals surface area (Å²) in [5, 5.41) is 0. The van der Waals surface area contributed by atoms with Crippen molar-refractivity contribution in [2.75, 3.05) is 19.8 Å². The molecule has 1 aromatic carbocycles. The van der Waals surface area contributed by atoms with Gasteiger partial charge in [0.15, 0.2) is 0 Å². The summed E-state index contributed by atoms with van der Waals surface area (Å²) in [5.74, 6) is 3.37. The first-order chi connectivity index (χ1) is 9.97. The van der Waals surface area contributed by atoms with Crippen molar-refractivity contribution in [1.82, 2.24) is 0 Å². The van der Waals surface area contributed by atoms with Gasteiger partial charge in [-0.15, -0.1) is 0 Å². The van der Waals surface area contributed by atoms with Gasteiger partial charge in [0.05, 0.1) is 19.8 Å². The van der Waals surface area contributed by atoms with E-state index in [0.717, 1.165) is 28.4 Å². The van der Waals surface area contributed by atoms with Gasteiger partial charge in [0, 0.05) is 17.2 Å². The third kappa shape index (κ3) is 4.05. The van der Waals surface area contributed by atoms with Crippen LogP contribution in [0.2, 0.25) is 0 Å². The monoisotopic (exact) mass is 294 g/mol. The molecule has 0 aromatic heterocycles. The second-order valence-electron chi connectivity index (χ2n) is 5.64. The molecule has 1 aromatic rings. The van der Waals surface area contributed by atoms with Crippen molar-refractivity contribution in [3.05, 3.63) is 17.2 Å². The van der Waals surface area contributed by atoms with E-state index in [-0.39, 0.29) is 0 Å². The van der Waals surface area contributed by atoms with E-state index in [2.05, 4.69) is 27.7 Å². The van der Waals surface area contributed by atoms with Crippen molar-refractivity contribution in [2.24, 2.45) is 0 Å². The van der Waals surface area contributed by atoms with Crippen molar-refractivity contribution in [2.45, 2.75) is 60.3 Å². The van der Waals surface area contributed by atoms with Crippen LogP contribution >= 0.6 is 0 Å². The summed E-state index contributed by atoms with van der Waals surface area (Å²) in [6.07, 6.45) is 0. The SMILES string of the molecule is CCOc1cc(OCC)c(C(C)C)c(OCC)c1C(C)C. The van der Waals surface area contributed by atoms with Crippen molar-refractivity contribution >= 4 is 0 Å². The molecule has 0 saturated heterocycles. The van der Waals surface area contributed by atoms with Crippen LogP contribution < -0.4 is 14.2 Å². The summed E-state index contributed by atoms with van der Waals surface area (Å²) >= 11 is 0. The van der Waals surface area contributed by atoms with E-state index < -0.39 is 0 Å². The Labute approximate surface area is 129 Å². The molecule has 21 heavy (non-hydrogen) atoms. The van der Waals surface area contributed by atoms with Crippen LogP contribution in [0.5, 0.6) is 17.2 Å². The predicted molar refractivity (Wildman–Crippen MR) is 88.1 cm³/mol. The Morgan fingerprint density at radius 2 is 1.10 bits per heavy atom. The van der Waals surface area contributed by atoms with Gasteiger partial charge in [-0.1, -0.05) is 27.7 Å². The quantitative estimate of drug-likeness (QED) is 0.665. The van der Waals surface area contributed by atoms with E-state index in [1.54, 1.807) is 0 Å². The molecule has 0 N–H and O–H groups in total. The lowest BCUT2D eigenvalue weighted by atomic mass is 9.92. The van der Waals surface area contributed by atoms with Gasteiger partial charge >= 0.3 is 0 Å². The maximum Gasteiger partial charge on any atom is 0.133 e. The highest BCUT2D eigenvalue weighted by molar-refractivity contribution is 5.59. The second kappa shape index (κ2) is 8.16. The molecular weight excluding hydrogens is 264 g/mol. The van der Waals surface area contributed by atoms with Gasteiger partial charge in [0.25, 0.3) is 0 Å². The van der Waals surface area contributed by atoms with Crippen LogP contribution in [0, 0.1) is 0 Å². The van der Waals surface area contributed by atoms with Crippen molar-refractivity contribution < 1.29 is 14.2 Å². The fourth-order valence-electron chi connectivity index (χ4n) is 2.59. The van der Waals surface area contributed by atoms with E-state index >= 15 is 0 Å². The number of benzene rings is 1. The first kappa shape index (κ1) is 17.7. The third-order valence-corrected chi connectivity index (χ3v) is 3.33. The molecule has 0 aliphatic heterocycles. The fraction of sp³-hybridized carbons (Fsp3) is 0.667. The molecule has 3 heteroatoms. The van der Waals surface area contributed by atoms with Crippen LogP contribution in [0.15, 0.2) is 6.07 Å². The first-order valence-electron chi connectivity index (χ1n) is 8.06. The standard InChI is InChI=1S/C18H30O3/c1-8-19-14-11-15(20-9-2)17(13(6)7)18(21-10-3)16(14)12(4)5/h11-13H,8-10H2,1-7H3. The van der Waals surface area contributed by atoms with E-state index in [0.29, 0.717) is 31.7 Å². The zero-order valence-electron chi connectivity index (χ0n) is 14.6. The molecule has 0 aliphatic rings. The van der Waals surface area contributed by atoms with Gasteiger partial charge in [0.2, 0.25) is 0 Å². The minimum atomic E-state index is 0.335. The molecule has 0 fully saturated rings. The van der Waals surface area contributed by atoms with Crippen LogP contribution in [0.1, 0.15) is 71.4 Å². The minimum Gasteiger partial charge on any atom is -0.493 e. The van der Waals surface area contributed by atoms with Crippen molar-refractivity contribution in [1.29, 1.82) is 0 Å². The van der Waals surface area contributed by atoms with Gasteiger partial charge in [0.1, 0.15) is 17.2 Å². The number of rotatable bonds is 8. The third-order valence-electron chi connectivity index (χ3n) is 3.33. The van der Waals surface area contributed by atoms with Gasteiger partial charge in [-0.25, -0.2) is 0 Å². The number of hydrogen-bond donors (Lipinski definition) is 0.